The minimum absolute atomic E-state index is 0.224. The number of nitrogens with one attached hydrogen (secondary N) is 1. The third kappa shape index (κ3) is 5.02. The Morgan fingerprint density at radius 2 is 1.97 bits per heavy atom. The van der Waals surface area contributed by atoms with Crippen LogP contribution in [0.25, 0.3) is 11.3 Å². The van der Waals surface area contributed by atoms with E-state index in [1.54, 1.807) is 5.38 Å². The van der Waals surface area contributed by atoms with Crippen LogP contribution < -0.4 is 5.32 Å². The van der Waals surface area contributed by atoms with Gasteiger partial charge in [-0.25, -0.2) is 13.8 Å². The second-order valence-corrected chi connectivity index (χ2v) is 10.3. The number of benzene rings is 2. The molecule has 5 rings (SSSR count). The summed E-state index contributed by atoms with van der Waals surface area (Å²) in [5.74, 6) is -0.678. The number of hydrogen-bond acceptors (Lipinski definition) is 6. The number of carbonyl (C=O) groups is 1. The zero-order valence-electron chi connectivity index (χ0n) is 18.2. The van der Waals surface area contributed by atoms with E-state index in [4.69, 9.17) is 0 Å². The lowest BCUT2D eigenvalue weighted by atomic mass is 10.2. The number of hydrogen-bond donors (Lipinski definition) is 1. The Labute approximate surface area is 203 Å². The Bertz CT molecular complexity index is 1320. The van der Waals surface area contributed by atoms with E-state index in [1.807, 2.05) is 25.1 Å². The summed E-state index contributed by atoms with van der Waals surface area (Å²) < 4.78 is 28.8. The molecule has 0 aliphatic heterocycles. The van der Waals surface area contributed by atoms with Crippen molar-refractivity contribution in [3.63, 3.8) is 0 Å². The van der Waals surface area contributed by atoms with Crippen LogP contribution in [0, 0.1) is 11.6 Å². The van der Waals surface area contributed by atoms with Gasteiger partial charge in [-0.1, -0.05) is 42.1 Å². The van der Waals surface area contributed by atoms with Gasteiger partial charge in [0, 0.05) is 16.9 Å². The number of aromatic nitrogens is 4. The van der Waals surface area contributed by atoms with Crippen LogP contribution in [0.4, 0.5) is 13.9 Å². The minimum atomic E-state index is -0.939. The third-order valence-electron chi connectivity index (χ3n) is 5.47. The molecule has 1 aliphatic carbocycles. The normalized spacial score (nSPS) is 14.2. The number of amides is 1. The molecule has 4 aromatic rings. The molecule has 10 heteroatoms. The van der Waals surface area contributed by atoms with Gasteiger partial charge >= 0.3 is 0 Å². The molecule has 0 unspecified atom stereocenters. The van der Waals surface area contributed by atoms with Crippen molar-refractivity contribution in [2.75, 3.05) is 5.32 Å². The topological polar surface area (TPSA) is 72.7 Å². The summed E-state index contributed by atoms with van der Waals surface area (Å²) >= 11 is 2.58. The molecule has 0 radical (unpaired) electrons. The maximum absolute atomic E-state index is 13.5. The van der Waals surface area contributed by atoms with Gasteiger partial charge in [-0.15, -0.1) is 21.5 Å². The molecule has 34 heavy (non-hydrogen) atoms. The fourth-order valence-electron chi connectivity index (χ4n) is 3.48. The van der Waals surface area contributed by atoms with Crippen LogP contribution in [-0.2, 0) is 11.3 Å². The Kier molecular flexibility index (Phi) is 6.42. The molecule has 1 aliphatic rings. The van der Waals surface area contributed by atoms with Gasteiger partial charge in [-0.2, -0.15) is 0 Å². The Morgan fingerprint density at radius 3 is 2.71 bits per heavy atom. The van der Waals surface area contributed by atoms with Crippen molar-refractivity contribution in [1.29, 1.82) is 0 Å². The van der Waals surface area contributed by atoms with Crippen LogP contribution in [0.3, 0.4) is 0 Å². The van der Waals surface area contributed by atoms with Crippen molar-refractivity contribution in [3.8, 4) is 11.3 Å². The summed E-state index contributed by atoms with van der Waals surface area (Å²) in [4.78, 5) is 17.2. The number of carbonyl (C=O) groups excluding carboxylic acids is 1. The van der Waals surface area contributed by atoms with Crippen molar-refractivity contribution in [2.45, 2.75) is 42.6 Å². The van der Waals surface area contributed by atoms with E-state index in [0.29, 0.717) is 34.0 Å². The van der Waals surface area contributed by atoms with E-state index < -0.39 is 16.9 Å². The summed E-state index contributed by atoms with van der Waals surface area (Å²) in [5, 5.41) is 13.9. The highest BCUT2D eigenvalue weighted by atomic mass is 32.2. The van der Waals surface area contributed by atoms with E-state index in [9.17, 15) is 13.6 Å². The van der Waals surface area contributed by atoms with Gasteiger partial charge in [0.2, 0.25) is 5.91 Å². The van der Waals surface area contributed by atoms with Crippen LogP contribution in [-0.4, -0.2) is 30.9 Å². The summed E-state index contributed by atoms with van der Waals surface area (Å²) in [6.45, 7) is 2.46. The maximum atomic E-state index is 13.5. The molecule has 1 amide bonds. The van der Waals surface area contributed by atoms with Crippen LogP contribution in [0.15, 0.2) is 59.1 Å². The molecule has 0 bridgehead atoms. The van der Waals surface area contributed by atoms with Gasteiger partial charge in [0.05, 0.1) is 17.5 Å². The monoisotopic (exact) mass is 497 g/mol. The van der Waals surface area contributed by atoms with Gasteiger partial charge in [0.25, 0.3) is 0 Å². The number of rotatable bonds is 8. The number of nitrogens with zero attached hydrogens (tertiary/aromatic N) is 4. The summed E-state index contributed by atoms with van der Waals surface area (Å²) in [6, 6.07) is 13.7. The van der Waals surface area contributed by atoms with E-state index >= 15 is 0 Å². The Morgan fingerprint density at radius 1 is 1.18 bits per heavy atom. The zero-order valence-corrected chi connectivity index (χ0v) is 19.9. The molecule has 174 valence electrons. The largest absolute Gasteiger partial charge is 0.301 e. The van der Waals surface area contributed by atoms with E-state index in [-0.39, 0.29) is 5.91 Å². The van der Waals surface area contributed by atoms with Gasteiger partial charge < -0.3 is 9.88 Å². The second kappa shape index (κ2) is 9.63. The Hall–Kier alpha value is -3.11. The fraction of sp³-hybridized carbons (Fsp3) is 0.250. The lowest BCUT2D eigenvalue weighted by Crippen LogP contribution is -2.23. The van der Waals surface area contributed by atoms with Crippen LogP contribution in [0.1, 0.15) is 37.1 Å². The van der Waals surface area contributed by atoms with Crippen LogP contribution in [0.2, 0.25) is 0 Å². The molecular formula is C24H21F2N5OS2. The lowest BCUT2D eigenvalue weighted by molar-refractivity contribution is -0.115. The van der Waals surface area contributed by atoms with Crippen molar-refractivity contribution in [1.82, 2.24) is 19.7 Å². The number of anilines is 1. The predicted molar refractivity (Wildman–Crippen MR) is 129 cm³/mol. The molecule has 2 aromatic heterocycles. The predicted octanol–water partition coefficient (Wildman–Crippen LogP) is 5.72. The quantitative estimate of drug-likeness (QED) is 0.315. The molecule has 1 fully saturated rings. The van der Waals surface area contributed by atoms with Crippen LogP contribution in [0.5, 0.6) is 0 Å². The van der Waals surface area contributed by atoms with Gasteiger partial charge in [-0.05, 0) is 43.5 Å². The highest BCUT2D eigenvalue weighted by Gasteiger charge is 2.31. The lowest BCUT2D eigenvalue weighted by Gasteiger charge is -2.13. The maximum Gasteiger partial charge on any atom is 0.239 e. The highest BCUT2D eigenvalue weighted by molar-refractivity contribution is 8.00. The average molecular weight is 498 g/mol. The van der Waals surface area contributed by atoms with Crippen molar-refractivity contribution < 1.29 is 13.6 Å². The Balaban J connectivity index is 1.28. The second-order valence-electron chi connectivity index (χ2n) is 8.10. The summed E-state index contributed by atoms with van der Waals surface area (Å²) in [5.41, 5.74) is 2.06. The third-order valence-corrected chi connectivity index (χ3v) is 7.31. The molecule has 0 spiro atoms. The minimum Gasteiger partial charge on any atom is -0.301 e. The number of thiazole rings is 1. The smallest absolute Gasteiger partial charge is 0.239 e. The zero-order chi connectivity index (χ0) is 23.7. The molecule has 2 heterocycles. The van der Waals surface area contributed by atoms with Crippen molar-refractivity contribution in [3.05, 3.63) is 76.9 Å². The van der Waals surface area contributed by atoms with Gasteiger partial charge in [0.1, 0.15) is 5.82 Å². The summed E-state index contributed by atoms with van der Waals surface area (Å²) in [7, 11) is 0. The van der Waals surface area contributed by atoms with Crippen molar-refractivity contribution >= 4 is 34.1 Å². The first-order valence-corrected chi connectivity index (χ1v) is 12.6. The molecule has 6 nitrogen and oxygen atoms in total. The molecule has 1 saturated carbocycles. The number of halogens is 2. The first-order chi connectivity index (χ1) is 16.5. The van der Waals surface area contributed by atoms with Crippen LogP contribution >= 0.6 is 23.1 Å². The molecule has 1 N–H and O–H groups in total. The highest BCUT2D eigenvalue weighted by Crippen LogP contribution is 2.40. The molecule has 0 saturated heterocycles. The standard InChI is InChI=1S/C24H21F2N5OS2/c1-14(22(32)28-23-27-20(13-33-23)17-9-10-18(25)19(26)11-17)34-24-30-29-21(16-7-8-16)31(24)12-15-5-3-2-4-6-15/h2-6,9-11,13-14,16H,7-8,12H2,1H3,(H,27,28,32)/t14-/m1/s1. The summed E-state index contributed by atoms with van der Waals surface area (Å²) in [6.07, 6.45) is 2.22. The fourth-order valence-corrected chi connectivity index (χ4v) is 5.06. The molecule has 2 aromatic carbocycles. The van der Waals surface area contributed by atoms with E-state index in [0.717, 1.165) is 36.4 Å². The van der Waals surface area contributed by atoms with Gasteiger partial charge in [0.15, 0.2) is 21.9 Å². The van der Waals surface area contributed by atoms with Crippen molar-refractivity contribution in [2.24, 2.45) is 0 Å². The first-order valence-electron chi connectivity index (χ1n) is 10.8. The van der Waals surface area contributed by atoms with E-state index in [2.05, 4.69) is 37.2 Å². The van der Waals surface area contributed by atoms with E-state index in [1.165, 1.54) is 29.2 Å². The number of thioether (sulfide) groups is 1. The SMILES string of the molecule is C[C@@H](Sc1nnc(C2CC2)n1Cc1ccccc1)C(=O)Nc1nc(-c2ccc(F)c(F)c2)cs1. The average Bonchev–Trinajstić information content (AvgIpc) is 3.45. The molecular weight excluding hydrogens is 476 g/mol. The molecule has 1 atom stereocenters. The van der Waals surface area contributed by atoms with Gasteiger partial charge in [-0.3, -0.25) is 4.79 Å². The first kappa shape index (κ1) is 22.7.